The second-order valence-electron chi connectivity index (χ2n) is 6.61. The Bertz CT molecular complexity index is 1310. The first kappa shape index (κ1) is 20.0. The number of rotatable bonds is 5. The number of carbonyl (C=O) groups is 1. The molecule has 0 aliphatic carbocycles. The van der Waals surface area contributed by atoms with E-state index in [1.165, 1.54) is 28.4 Å². The number of halogens is 1. The smallest absolute Gasteiger partial charge is 0.263 e. The molecule has 0 atom stereocenters. The number of hydrogen-bond donors (Lipinski definition) is 1. The van der Waals surface area contributed by atoms with Crippen molar-refractivity contribution in [1.29, 1.82) is 0 Å². The van der Waals surface area contributed by atoms with Crippen LogP contribution in [-0.4, -0.2) is 21.7 Å². The van der Waals surface area contributed by atoms with E-state index in [1.54, 1.807) is 18.2 Å². The summed E-state index contributed by atoms with van der Waals surface area (Å²) in [5.74, 6) is -0.426. The molecule has 30 heavy (non-hydrogen) atoms. The topological polar surface area (TPSA) is 76.3 Å². The number of aryl methyl sites for hydroxylation is 1. The van der Waals surface area contributed by atoms with Gasteiger partial charge in [0.05, 0.1) is 17.9 Å². The molecule has 1 N–H and O–H groups in total. The highest BCUT2D eigenvalue weighted by Crippen LogP contribution is 2.35. The molecule has 0 unspecified atom stereocenters. The van der Waals surface area contributed by atoms with Crippen molar-refractivity contribution in [3.8, 4) is 11.1 Å². The average Bonchev–Trinajstić information content (AvgIpc) is 3.07. The van der Waals surface area contributed by atoms with Gasteiger partial charge in [-0.3, -0.25) is 14.2 Å². The second kappa shape index (κ2) is 8.61. The molecule has 1 amide bonds. The van der Waals surface area contributed by atoms with E-state index in [4.69, 9.17) is 11.6 Å². The predicted molar refractivity (Wildman–Crippen MR) is 121 cm³/mol. The lowest BCUT2D eigenvalue weighted by Crippen LogP contribution is -2.30. The van der Waals surface area contributed by atoms with Crippen LogP contribution in [0.5, 0.6) is 0 Å². The SMILES string of the molecule is Cc1sc2ncn(CC(=O)N/N=C/c3cccc(Cl)c3)c(=O)c2c1-c1ccccc1. The normalized spacial score (nSPS) is 11.3. The van der Waals surface area contributed by atoms with Crippen LogP contribution in [0.15, 0.2) is 70.8 Å². The van der Waals surface area contributed by atoms with Crippen molar-refractivity contribution in [3.05, 3.63) is 86.7 Å². The van der Waals surface area contributed by atoms with Gasteiger partial charge in [-0.25, -0.2) is 10.4 Å². The van der Waals surface area contributed by atoms with E-state index in [0.29, 0.717) is 15.2 Å². The first-order valence-electron chi connectivity index (χ1n) is 9.14. The van der Waals surface area contributed by atoms with Crippen LogP contribution in [0.2, 0.25) is 5.02 Å². The van der Waals surface area contributed by atoms with Crippen molar-refractivity contribution in [2.75, 3.05) is 0 Å². The lowest BCUT2D eigenvalue weighted by molar-refractivity contribution is -0.121. The van der Waals surface area contributed by atoms with Crippen molar-refractivity contribution in [2.45, 2.75) is 13.5 Å². The summed E-state index contributed by atoms with van der Waals surface area (Å²) in [6.07, 6.45) is 2.89. The van der Waals surface area contributed by atoms with Crippen LogP contribution in [0.3, 0.4) is 0 Å². The molecule has 0 saturated heterocycles. The third kappa shape index (κ3) is 4.17. The second-order valence-corrected chi connectivity index (χ2v) is 8.24. The maximum Gasteiger partial charge on any atom is 0.263 e. The lowest BCUT2D eigenvalue weighted by Gasteiger charge is -2.06. The van der Waals surface area contributed by atoms with Gasteiger partial charge in [0.1, 0.15) is 11.4 Å². The Morgan fingerprint density at radius 3 is 2.80 bits per heavy atom. The van der Waals surface area contributed by atoms with E-state index in [-0.39, 0.29) is 12.1 Å². The summed E-state index contributed by atoms with van der Waals surface area (Å²) in [6.45, 7) is 1.79. The van der Waals surface area contributed by atoms with Gasteiger partial charge in [-0.05, 0) is 30.2 Å². The summed E-state index contributed by atoms with van der Waals surface area (Å²) in [5, 5.41) is 5.03. The Hall–Kier alpha value is -3.29. The number of amides is 1. The zero-order valence-corrected chi connectivity index (χ0v) is 17.6. The van der Waals surface area contributed by atoms with Gasteiger partial charge in [0, 0.05) is 15.5 Å². The Kier molecular flexibility index (Phi) is 5.74. The minimum Gasteiger partial charge on any atom is -0.289 e. The van der Waals surface area contributed by atoms with Crippen molar-refractivity contribution in [2.24, 2.45) is 5.10 Å². The van der Waals surface area contributed by atoms with Crippen LogP contribution in [0.1, 0.15) is 10.4 Å². The van der Waals surface area contributed by atoms with Crippen LogP contribution in [0, 0.1) is 6.92 Å². The van der Waals surface area contributed by atoms with Gasteiger partial charge in [-0.15, -0.1) is 11.3 Å². The maximum absolute atomic E-state index is 13.1. The minimum atomic E-state index is -0.426. The number of benzene rings is 2. The van der Waals surface area contributed by atoms with Crippen LogP contribution < -0.4 is 11.0 Å². The molecule has 6 nitrogen and oxygen atoms in total. The van der Waals surface area contributed by atoms with Gasteiger partial charge in [0.25, 0.3) is 11.5 Å². The summed E-state index contributed by atoms with van der Waals surface area (Å²) in [4.78, 5) is 31.4. The van der Waals surface area contributed by atoms with Crippen molar-refractivity contribution in [3.63, 3.8) is 0 Å². The van der Waals surface area contributed by atoms with Crippen LogP contribution in [-0.2, 0) is 11.3 Å². The molecule has 150 valence electrons. The van der Waals surface area contributed by atoms with Gasteiger partial charge in [0.2, 0.25) is 0 Å². The predicted octanol–water partition coefficient (Wildman–Crippen LogP) is 4.24. The van der Waals surface area contributed by atoms with Gasteiger partial charge >= 0.3 is 0 Å². The van der Waals surface area contributed by atoms with Crippen molar-refractivity contribution in [1.82, 2.24) is 15.0 Å². The molecule has 2 aromatic heterocycles. The lowest BCUT2D eigenvalue weighted by atomic mass is 10.0. The fourth-order valence-corrected chi connectivity index (χ4v) is 4.36. The number of nitrogens with one attached hydrogen (secondary N) is 1. The number of aromatic nitrogens is 2. The first-order chi connectivity index (χ1) is 14.5. The molecule has 0 bridgehead atoms. The zero-order chi connectivity index (χ0) is 21.1. The van der Waals surface area contributed by atoms with Crippen molar-refractivity contribution < 1.29 is 4.79 Å². The molecule has 2 aromatic carbocycles. The van der Waals surface area contributed by atoms with E-state index >= 15 is 0 Å². The molecule has 4 rings (SSSR count). The van der Waals surface area contributed by atoms with Crippen molar-refractivity contribution >= 4 is 45.3 Å². The quantitative estimate of drug-likeness (QED) is 0.375. The zero-order valence-electron chi connectivity index (χ0n) is 16.0. The Balaban J connectivity index is 1.58. The van der Waals surface area contributed by atoms with Gasteiger partial charge in [-0.2, -0.15) is 5.10 Å². The highest BCUT2D eigenvalue weighted by Gasteiger charge is 2.17. The Labute approximate surface area is 181 Å². The monoisotopic (exact) mass is 436 g/mol. The highest BCUT2D eigenvalue weighted by molar-refractivity contribution is 7.19. The number of nitrogens with zero attached hydrogens (tertiary/aromatic N) is 3. The molecule has 0 aliphatic rings. The standard InChI is InChI=1S/C22H17ClN4O2S/c1-14-19(16-7-3-2-4-8-16)20-21(30-14)24-13-27(22(20)29)12-18(28)26-25-11-15-6-5-9-17(23)10-15/h2-11,13H,12H2,1H3,(H,26,28)/b25-11+. The number of carbonyl (C=O) groups excluding carboxylic acids is 1. The van der Waals surface area contributed by atoms with Crippen LogP contribution in [0.25, 0.3) is 21.3 Å². The van der Waals surface area contributed by atoms with Crippen LogP contribution in [0.4, 0.5) is 0 Å². The van der Waals surface area contributed by atoms with Crippen LogP contribution >= 0.6 is 22.9 Å². The molecular weight excluding hydrogens is 420 g/mol. The van der Waals surface area contributed by atoms with E-state index in [0.717, 1.165) is 21.6 Å². The number of fused-ring (bicyclic) bond motifs is 1. The number of hydrazone groups is 1. The summed E-state index contributed by atoms with van der Waals surface area (Å²) in [6, 6.07) is 16.8. The fourth-order valence-electron chi connectivity index (χ4n) is 3.16. The van der Waals surface area contributed by atoms with E-state index in [9.17, 15) is 9.59 Å². The molecule has 0 aliphatic heterocycles. The molecule has 0 spiro atoms. The molecule has 0 radical (unpaired) electrons. The minimum absolute atomic E-state index is 0.183. The first-order valence-corrected chi connectivity index (χ1v) is 10.3. The summed E-state index contributed by atoms with van der Waals surface area (Å²) in [7, 11) is 0. The summed E-state index contributed by atoms with van der Waals surface area (Å²) >= 11 is 7.39. The Morgan fingerprint density at radius 1 is 1.23 bits per heavy atom. The van der Waals surface area contributed by atoms with E-state index in [1.807, 2.05) is 43.3 Å². The van der Waals surface area contributed by atoms with E-state index in [2.05, 4.69) is 15.5 Å². The molecule has 0 saturated carbocycles. The maximum atomic E-state index is 13.1. The molecule has 2 heterocycles. The molecule has 0 fully saturated rings. The Morgan fingerprint density at radius 2 is 2.03 bits per heavy atom. The van der Waals surface area contributed by atoms with Gasteiger partial charge in [0.15, 0.2) is 0 Å². The average molecular weight is 437 g/mol. The third-order valence-corrected chi connectivity index (χ3v) is 5.73. The van der Waals surface area contributed by atoms with Gasteiger partial charge < -0.3 is 0 Å². The summed E-state index contributed by atoms with van der Waals surface area (Å²) < 4.78 is 1.30. The third-order valence-electron chi connectivity index (χ3n) is 4.48. The highest BCUT2D eigenvalue weighted by atomic mass is 35.5. The van der Waals surface area contributed by atoms with E-state index < -0.39 is 5.91 Å². The summed E-state index contributed by atoms with van der Waals surface area (Å²) in [5.41, 5.74) is 4.74. The molecule has 4 aromatic rings. The molecule has 8 heteroatoms. The fraction of sp³-hybridized carbons (Fsp3) is 0.0909. The number of hydrogen-bond acceptors (Lipinski definition) is 5. The van der Waals surface area contributed by atoms with Gasteiger partial charge in [-0.1, -0.05) is 54.1 Å². The molecular formula is C22H17ClN4O2S. The largest absolute Gasteiger partial charge is 0.289 e. The number of thiophene rings is 1.